The molecule has 1 aromatic carbocycles. The maximum atomic E-state index is 5.83. The minimum absolute atomic E-state index is 0.277. The largest absolute Gasteiger partial charge is 0.370 e. The minimum atomic E-state index is 0.277. The third kappa shape index (κ3) is 3.30. The third-order valence-electron chi connectivity index (χ3n) is 2.93. The molecule has 0 aliphatic rings. The maximum absolute atomic E-state index is 5.83. The molecule has 5 nitrogen and oxygen atoms in total. The number of hydrogen-bond acceptors (Lipinski definition) is 2. The Morgan fingerprint density at radius 1 is 1.50 bits per heavy atom. The molecule has 2 aromatic rings. The average molecular weight is 338 g/mol. The van der Waals surface area contributed by atoms with Crippen LogP contribution in [0.5, 0.6) is 0 Å². The summed E-state index contributed by atoms with van der Waals surface area (Å²) < 4.78 is 3.19. The van der Waals surface area contributed by atoms with Gasteiger partial charge in [-0.2, -0.15) is 0 Å². The molecule has 0 amide bonds. The number of imidazole rings is 1. The van der Waals surface area contributed by atoms with Gasteiger partial charge in [0.15, 0.2) is 5.96 Å². The second kappa shape index (κ2) is 6.26. The molecular formula is C14H20BrN5. The van der Waals surface area contributed by atoms with Gasteiger partial charge in [-0.15, -0.1) is 0 Å². The summed E-state index contributed by atoms with van der Waals surface area (Å²) in [6, 6.07) is 6.39. The summed E-state index contributed by atoms with van der Waals surface area (Å²) in [6.45, 7) is 7.50. The van der Waals surface area contributed by atoms with Crippen molar-refractivity contribution in [2.75, 3.05) is 0 Å². The Bertz CT molecular complexity index is 630. The molecule has 0 spiro atoms. The summed E-state index contributed by atoms with van der Waals surface area (Å²) in [4.78, 5) is 8.99. The van der Waals surface area contributed by atoms with Crippen LogP contribution in [0.2, 0.25) is 0 Å². The second-order valence-electron chi connectivity index (χ2n) is 4.91. The fourth-order valence-electron chi connectivity index (χ4n) is 2.12. The van der Waals surface area contributed by atoms with Gasteiger partial charge in [-0.25, -0.2) is 9.98 Å². The lowest BCUT2D eigenvalue weighted by Gasteiger charge is -2.09. The predicted molar refractivity (Wildman–Crippen MR) is 86.7 cm³/mol. The number of nitrogens with zero attached hydrogens (tertiary/aromatic N) is 3. The lowest BCUT2D eigenvalue weighted by molar-refractivity contribution is 0.702. The Morgan fingerprint density at radius 3 is 2.90 bits per heavy atom. The van der Waals surface area contributed by atoms with Crippen LogP contribution in [0, 0.1) is 0 Å². The van der Waals surface area contributed by atoms with Gasteiger partial charge in [0, 0.05) is 17.1 Å². The Morgan fingerprint density at radius 2 is 2.25 bits per heavy atom. The monoisotopic (exact) mass is 337 g/mol. The quantitative estimate of drug-likeness (QED) is 0.665. The van der Waals surface area contributed by atoms with Crippen molar-refractivity contribution in [1.29, 1.82) is 0 Å². The lowest BCUT2D eigenvalue weighted by Crippen LogP contribution is -2.36. The van der Waals surface area contributed by atoms with Gasteiger partial charge < -0.3 is 15.6 Å². The lowest BCUT2D eigenvalue weighted by atomic mass is 10.3. The second-order valence-corrected chi connectivity index (χ2v) is 5.82. The van der Waals surface area contributed by atoms with E-state index in [-0.39, 0.29) is 6.04 Å². The third-order valence-corrected chi connectivity index (χ3v) is 3.43. The van der Waals surface area contributed by atoms with E-state index in [1.54, 1.807) is 0 Å². The van der Waals surface area contributed by atoms with Crippen molar-refractivity contribution in [3.05, 3.63) is 28.5 Å². The van der Waals surface area contributed by atoms with Gasteiger partial charge in [0.05, 0.1) is 11.0 Å². The van der Waals surface area contributed by atoms with Crippen molar-refractivity contribution in [2.24, 2.45) is 10.7 Å². The number of halogens is 1. The van der Waals surface area contributed by atoms with Crippen LogP contribution < -0.4 is 11.1 Å². The molecule has 108 valence electrons. The standard InChI is InChI=1S/C14H20BrN5/c1-4-20-12-6-5-10(15)7-11(12)19-13(20)8-17-14(16)18-9(2)3/h5-7,9H,4,8H2,1-3H3,(H3,16,17,18). The molecule has 0 bridgehead atoms. The molecule has 3 N–H and O–H groups in total. The van der Waals surface area contributed by atoms with E-state index in [4.69, 9.17) is 5.73 Å². The van der Waals surface area contributed by atoms with E-state index >= 15 is 0 Å². The first-order valence-electron chi connectivity index (χ1n) is 6.72. The summed E-state index contributed by atoms with van der Waals surface area (Å²) in [5.41, 5.74) is 7.92. The van der Waals surface area contributed by atoms with Gasteiger partial charge in [0.2, 0.25) is 0 Å². The van der Waals surface area contributed by atoms with Crippen LogP contribution in [0.1, 0.15) is 26.6 Å². The number of nitrogens with two attached hydrogens (primary N) is 1. The summed E-state index contributed by atoms with van der Waals surface area (Å²) >= 11 is 3.47. The number of rotatable bonds is 4. The summed E-state index contributed by atoms with van der Waals surface area (Å²) in [5, 5.41) is 3.08. The zero-order valence-corrected chi connectivity index (χ0v) is 13.6. The Kier molecular flexibility index (Phi) is 4.65. The van der Waals surface area contributed by atoms with Gasteiger partial charge in [-0.05, 0) is 39.0 Å². The first-order chi connectivity index (χ1) is 9.51. The van der Waals surface area contributed by atoms with Crippen LogP contribution in [-0.2, 0) is 13.1 Å². The highest BCUT2D eigenvalue weighted by atomic mass is 79.9. The van der Waals surface area contributed by atoms with Crippen molar-refractivity contribution < 1.29 is 0 Å². The van der Waals surface area contributed by atoms with E-state index in [0.29, 0.717) is 12.5 Å². The molecule has 0 aliphatic carbocycles. The number of nitrogens with one attached hydrogen (secondary N) is 1. The van der Waals surface area contributed by atoms with Crippen molar-refractivity contribution in [2.45, 2.75) is 39.9 Å². The number of fused-ring (bicyclic) bond motifs is 1. The Balaban J connectivity index is 2.30. The van der Waals surface area contributed by atoms with Crippen molar-refractivity contribution in [3.63, 3.8) is 0 Å². The fourth-order valence-corrected chi connectivity index (χ4v) is 2.47. The zero-order chi connectivity index (χ0) is 14.7. The molecule has 0 unspecified atom stereocenters. The molecule has 1 aromatic heterocycles. The first kappa shape index (κ1) is 14.8. The topological polar surface area (TPSA) is 68.2 Å². The van der Waals surface area contributed by atoms with Gasteiger partial charge in [-0.1, -0.05) is 15.9 Å². The van der Waals surface area contributed by atoms with Gasteiger partial charge in [0.1, 0.15) is 12.4 Å². The molecule has 0 atom stereocenters. The number of aromatic nitrogens is 2. The van der Waals surface area contributed by atoms with Crippen molar-refractivity contribution in [3.8, 4) is 0 Å². The molecule has 1 heterocycles. The molecule has 0 radical (unpaired) electrons. The number of benzene rings is 1. The van der Waals surface area contributed by atoms with Crippen LogP contribution in [-0.4, -0.2) is 21.6 Å². The summed E-state index contributed by atoms with van der Waals surface area (Å²) in [7, 11) is 0. The predicted octanol–water partition coefficient (Wildman–Crippen LogP) is 2.63. The van der Waals surface area contributed by atoms with E-state index < -0.39 is 0 Å². The van der Waals surface area contributed by atoms with Crippen LogP contribution in [0.3, 0.4) is 0 Å². The van der Waals surface area contributed by atoms with E-state index in [1.165, 1.54) is 0 Å². The number of aliphatic imine (C=N–C) groups is 1. The molecule has 20 heavy (non-hydrogen) atoms. The molecule has 0 fully saturated rings. The smallest absolute Gasteiger partial charge is 0.189 e. The van der Waals surface area contributed by atoms with E-state index in [9.17, 15) is 0 Å². The van der Waals surface area contributed by atoms with Gasteiger partial charge >= 0.3 is 0 Å². The van der Waals surface area contributed by atoms with E-state index in [1.807, 2.05) is 26.0 Å². The highest BCUT2D eigenvalue weighted by Gasteiger charge is 2.09. The molecule has 6 heteroatoms. The summed E-state index contributed by atoms with van der Waals surface area (Å²) in [5.74, 6) is 1.38. The van der Waals surface area contributed by atoms with Crippen LogP contribution in [0.4, 0.5) is 0 Å². The highest BCUT2D eigenvalue weighted by molar-refractivity contribution is 9.10. The number of hydrogen-bond donors (Lipinski definition) is 2. The highest BCUT2D eigenvalue weighted by Crippen LogP contribution is 2.21. The Hall–Kier alpha value is -1.56. The normalized spacial score (nSPS) is 12.3. The minimum Gasteiger partial charge on any atom is -0.370 e. The molecule has 0 saturated heterocycles. The molecule has 2 rings (SSSR count). The number of aryl methyl sites for hydroxylation is 1. The fraction of sp³-hybridized carbons (Fsp3) is 0.429. The SMILES string of the molecule is CCn1c(CN=C(N)NC(C)C)nc2cc(Br)ccc21. The van der Waals surface area contributed by atoms with Crippen molar-refractivity contribution >= 4 is 32.9 Å². The van der Waals surface area contributed by atoms with Crippen LogP contribution in [0.15, 0.2) is 27.7 Å². The molecular weight excluding hydrogens is 318 g/mol. The van der Waals surface area contributed by atoms with Gasteiger partial charge in [-0.3, -0.25) is 0 Å². The number of guanidine groups is 1. The summed E-state index contributed by atoms with van der Waals surface area (Å²) in [6.07, 6.45) is 0. The first-order valence-corrected chi connectivity index (χ1v) is 7.51. The van der Waals surface area contributed by atoms with Gasteiger partial charge in [0.25, 0.3) is 0 Å². The average Bonchev–Trinajstić information content (AvgIpc) is 2.72. The van der Waals surface area contributed by atoms with Crippen LogP contribution >= 0.6 is 15.9 Å². The van der Waals surface area contributed by atoms with E-state index in [2.05, 4.69) is 48.8 Å². The van der Waals surface area contributed by atoms with Crippen LogP contribution in [0.25, 0.3) is 11.0 Å². The maximum Gasteiger partial charge on any atom is 0.189 e. The molecule has 0 aliphatic heterocycles. The molecule has 0 saturated carbocycles. The van der Waals surface area contributed by atoms with E-state index in [0.717, 1.165) is 27.9 Å². The Labute approximate surface area is 127 Å². The van der Waals surface area contributed by atoms with Crippen molar-refractivity contribution in [1.82, 2.24) is 14.9 Å². The zero-order valence-electron chi connectivity index (χ0n) is 12.0.